The van der Waals surface area contributed by atoms with E-state index in [0.29, 0.717) is 35.9 Å². The molecular weight excluding hydrogens is 300 g/mol. The summed E-state index contributed by atoms with van der Waals surface area (Å²) in [6.45, 7) is 8.63. The van der Waals surface area contributed by atoms with E-state index < -0.39 is 5.60 Å². The van der Waals surface area contributed by atoms with E-state index in [1.165, 1.54) is 0 Å². The third kappa shape index (κ3) is 2.00. The zero-order valence-corrected chi connectivity index (χ0v) is 15.7. The zero-order chi connectivity index (χ0) is 17.5. The maximum atomic E-state index is 12.3. The average molecular weight is 335 g/mol. The highest BCUT2D eigenvalue weighted by atomic mass is 16.3. The molecule has 4 aliphatic carbocycles. The van der Waals surface area contributed by atoms with Crippen LogP contribution in [0.3, 0.4) is 0 Å². The zero-order valence-electron chi connectivity index (χ0n) is 15.7. The first-order valence-electron chi connectivity index (χ1n) is 10.0. The number of carbonyl (C=O) groups is 1. The summed E-state index contributed by atoms with van der Waals surface area (Å²) >= 11 is 0. The molecule has 0 aliphatic heterocycles. The molecule has 0 aromatic rings. The van der Waals surface area contributed by atoms with Gasteiger partial charge >= 0.3 is 0 Å². The number of Topliss-reactive ketones (excluding diaryl/α,β-unsaturated/α-hetero) is 1. The molecule has 4 fully saturated rings. The van der Waals surface area contributed by atoms with E-state index in [2.05, 4.69) is 20.8 Å². The molecule has 3 nitrogen and oxygen atoms in total. The molecule has 0 aromatic carbocycles. The highest BCUT2D eigenvalue weighted by Crippen LogP contribution is 2.68. The summed E-state index contributed by atoms with van der Waals surface area (Å²) in [5.41, 5.74) is -0.727. The Labute approximate surface area is 146 Å². The summed E-state index contributed by atoms with van der Waals surface area (Å²) in [6, 6.07) is 0. The molecule has 4 rings (SSSR count). The van der Waals surface area contributed by atoms with Crippen LogP contribution in [-0.2, 0) is 4.79 Å². The molecule has 3 heteroatoms. The smallest absolute Gasteiger partial charge is 0.136 e. The largest absolute Gasteiger partial charge is 0.393 e. The number of fused-ring (bicyclic) bond motifs is 5. The second kappa shape index (κ2) is 5.07. The van der Waals surface area contributed by atoms with Gasteiger partial charge in [-0.2, -0.15) is 0 Å². The highest BCUT2D eigenvalue weighted by molar-refractivity contribution is 5.82. The van der Waals surface area contributed by atoms with Crippen molar-refractivity contribution in [3.05, 3.63) is 0 Å². The Morgan fingerprint density at radius 3 is 2.50 bits per heavy atom. The van der Waals surface area contributed by atoms with Crippen LogP contribution in [0.2, 0.25) is 0 Å². The Balaban J connectivity index is 1.71. The third-order valence-electron chi connectivity index (χ3n) is 9.30. The Hall–Kier alpha value is -0.410. The monoisotopic (exact) mass is 334 g/mol. The Bertz CT molecular complexity index is 555. The molecule has 0 radical (unpaired) electrons. The van der Waals surface area contributed by atoms with Crippen molar-refractivity contribution in [1.82, 2.24) is 0 Å². The lowest BCUT2D eigenvalue weighted by molar-refractivity contribution is -0.196. The van der Waals surface area contributed by atoms with Gasteiger partial charge in [0.05, 0.1) is 11.7 Å². The van der Waals surface area contributed by atoms with Crippen molar-refractivity contribution in [2.45, 2.75) is 84.3 Å². The van der Waals surface area contributed by atoms with Gasteiger partial charge in [0.1, 0.15) is 5.78 Å². The van der Waals surface area contributed by atoms with Crippen LogP contribution < -0.4 is 0 Å². The Morgan fingerprint density at radius 2 is 1.79 bits per heavy atom. The van der Waals surface area contributed by atoms with Gasteiger partial charge in [0.15, 0.2) is 0 Å². The minimum absolute atomic E-state index is 0.0887. The molecule has 0 aromatic heterocycles. The molecule has 0 heterocycles. The molecule has 136 valence electrons. The van der Waals surface area contributed by atoms with E-state index in [1.54, 1.807) is 0 Å². The average Bonchev–Trinajstić information content (AvgIpc) is 2.70. The molecule has 4 aliphatic rings. The standard InChI is InChI=1S/C21H34O3/c1-12-10-19(2)13(9-16(12)22)5-6-14-15-7-8-21(4,24)20(15,3)11-17(23)18(14)19/h12-15,17-18,23-24H,5-11H2,1-4H3/t12-,13+,14+,15-,17-,18+,19+,20-,21+/m1/s1. The summed E-state index contributed by atoms with van der Waals surface area (Å²) in [5, 5.41) is 22.2. The molecule has 9 atom stereocenters. The molecule has 2 N–H and O–H groups in total. The predicted octanol–water partition coefficient (Wildman–Crippen LogP) is 3.57. The topological polar surface area (TPSA) is 57.5 Å². The second-order valence-corrected chi connectivity index (χ2v) is 10.4. The van der Waals surface area contributed by atoms with Crippen LogP contribution in [0.15, 0.2) is 0 Å². The fraction of sp³-hybridized carbons (Fsp3) is 0.952. The number of hydrogen-bond acceptors (Lipinski definition) is 3. The van der Waals surface area contributed by atoms with E-state index in [1.807, 2.05) is 6.92 Å². The van der Waals surface area contributed by atoms with Crippen molar-refractivity contribution < 1.29 is 15.0 Å². The van der Waals surface area contributed by atoms with Gasteiger partial charge in [-0.05, 0) is 74.5 Å². The molecule has 0 bridgehead atoms. The van der Waals surface area contributed by atoms with Gasteiger partial charge in [-0.3, -0.25) is 4.79 Å². The number of rotatable bonds is 0. The lowest BCUT2D eigenvalue weighted by atomic mass is 9.43. The van der Waals surface area contributed by atoms with Crippen LogP contribution in [0.1, 0.15) is 72.6 Å². The van der Waals surface area contributed by atoms with E-state index >= 15 is 0 Å². The van der Waals surface area contributed by atoms with Crippen molar-refractivity contribution in [3.8, 4) is 0 Å². The number of carbonyl (C=O) groups excluding carboxylic acids is 1. The molecule has 0 unspecified atom stereocenters. The SMILES string of the molecule is C[C@@H]1C[C@@]2(C)[C@@H](CC[C@@H]3[C@H]2[C@H](O)C[C@]2(C)[C@@H]3CC[C@]2(C)O)CC1=O. The summed E-state index contributed by atoms with van der Waals surface area (Å²) in [5.74, 6) is 2.34. The lowest BCUT2D eigenvalue weighted by Crippen LogP contribution is -2.61. The number of hydrogen-bond donors (Lipinski definition) is 2. The van der Waals surface area contributed by atoms with Crippen molar-refractivity contribution in [2.24, 2.45) is 40.4 Å². The maximum absolute atomic E-state index is 12.3. The normalized spacial score (nSPS) is 60.3. The summed E-state index contributed by atoms with van der Waals surface area (Å²) in [4.78, 5) is 12.3. The fourth-order valence-electron chi connectivity index (χ4n) is 7.76. The third-order valence-corrected chi connectivity index (χ3v) is 9.30. The predicted molar refractivity (Wildman–Crippen MR) is 93.3 cm³/mol. The van der Waals surface area contributed by atoms with Crippen molar-refractivity contribution >= 4 is 5.78 Å². The van der Waals surface area contributed by atoms with E-state index in [0.717, 1.165) is 38.5 Å². The lowest BCUT2D eigenvalue weighted by Gasteiger charge is -2.62. The first kappa shape index (κ1) is 17.0. The van der Waals surface area contributed by atoms with Crippen LogP contribution in [0.5, 0.6) is 0 Å². The minimum atomic E-state index is -0.656. The Morgan fingerprint density at radius 1 is 1.08 bits per heavy atom. The van der Waals surface area contributed by atoms with Crippen LogP contribution in [-0.4, -0.2) is 27.7 Å². The quantitative estimate of drug-likeness (QED) is 0.712. The molecule has 24 heavy (non-hydrogen) atoms. The van der Waals surface area contributed by atoms with Crippen molar-refractivity contribution in [3.63, 3.8) is 0 Å². The van der Waals surface area contributed by atoms with Gasteiger partial charge in [-0.25, -0.2) is 0 Å². The van der Waals surface area contributed by atoms with Crippen molar-refractivity contribution in [1.29, 1.82) is 0 Å². The van der Waals surface area contributed by atoms with Crippen molar-refractivity contribution in [2.75, 3.05) is 0 Å². The van der Waals surface area contributed by atoms with E-state index in [-0.39, 0.29) is 22.9 Å². The van der Waals surface area contributed by atoms with Gasteiger partial charge < -0.3 is 10.2 Å². The highest BCUT2D eigenvalue weighted by Gasteiger charge is 2.66. The second-order valence-electron chi connectivity index (χ2n) is 10.4. The maximum Gasteiger partial charge on any atom is 0.136 e. The van der Waals surface area contributed by atoms with Gasteiger partial charge in [0.2, 0.25) is 0 Å². The molecule has 0 amide bonds. The van der Waals surface area contributed by atoms with E-state index in [4.69, 9.17) is 0 Å². The van der Waals surface area contributed by atoms with Crippen LogP contribution in [0, 0.1) is 40.4 Å². The number of aliphatic hydroxyl groups excluding tert-OH is 1. The first-order chi connectivity index (χ1) is 11.1. The van der Waals surface area contributed by atoms with Gasteiger partial charge in [-0.1, -0.05) is 20.8 Å². The van der Waals surface area contributed by atoms with Gasteiger partial charge in [0, 0.05) is 17.8 Å². The summed E-state index contributed by atoms with van der Waals surface area (Å²) in [6.07, 6.45) is 6.23. The van der Waals surface area contributed by atoms with Gasteiger partial charge in [0.25, 0.3) is 0 Å². The van der Waals surface area contributed by atoms with Crippen LogP contribution in [0.4, 0.5) is 0 Å². The minimum Gasteiger partial charge on any atom is -0.393 e. The molecule has 0 saturated heterocycles. The molecule has 4 saturated carbocycles. The van der Waals surface area contributed by atoms with E-state index in [9.17, 15) is 15.0 Å². The Kier molecular flexibility index (Phi) is 3.59. The first-order valence-corrected chi connectivity index (χ1v) is 10.0. The van der Waals surface area contributed by atoms with Crippen LogP contribution >= 0.6 is 0 Å². The van der Waals surface area contributed by atoms with Crippen LogP contribution in [0.25, 0.3) is 0 Å². The fourth-order valence-corrected chi connectivity index (χ4v) is 7.76. The molecule has 0 spiro atoms. The molecular formula is C21H34O3. The van der Waals surface area contributed by atoms with Gasteiger partial charge in [-0.15, -0.1) is 0 Å². The summed E-state index contributed by atoms with van der Waals surface area (Å²) < 4.78 is 0. The summed E-state index contributed by atoms with van der Waals surface area (Å²) in [7, 11) is 0. The number of aliphatic hydroxyl groups is 2. The number of ketones is 1.